The summed E-state index contributed by atoms with van der Waals surface area (Å²) in [5.41, 5.74) is 3.28. The summed E-state index contributed by atoms with van der Waals surface area (Å²) in [6.45, 7) is 8.89. The first-order valence-electron chi connectivity index (χ1n) is 10.2. The van der Waals surface area contributed by atoms with E-state index in [1.807, 2.05) is 25.1 Å². The van der Waals surface area contributed by atoms with Crippen molar-refractivity contribution >= 4 is 0 Å². The van der Waals surface area contributed by atoms with Gasteiger partial charge >= 0.3 is 0 Å². The Morgan fingerprint density at radius 1 is 1.07 bits per heavy atom. The van der Waals surface area contributed by atoms with Gasteiger partial charge in [-0.2, -0.15) is 0 Å². The van der Waals surface area contributed by atoms with Gasteiger partial charge in [0, 0.05) is 5.41 Å². The minimum absolute atomic E-state index is 0.109. The summed E-state index contributed by atoms with van der Waals surface area (Å²) >= 11 is 0. The third-order valence-corrected chi connectivity index (χ3v) is 5.16. The molecule has 28 heavy (non-hydrogen) atoms. The summed E-state index contributed by atoms with van der Waals surface area (Å²) in [5, 5.41) is 0. The van der Waals surface area contributed by atoms with Crippen LogP contribution in [0, 0.1) is 11.2 Å². The van der Waals surface area contributed by atoms with Gasteiger partial charge in [-0.1, -0.05) is 57.5 Å². The fraction of sp³-hybridized carbons (Fsp3) is 0.500. The number of aryl methyl sites for hydroxylation is 1. The molecule has 0 spiro atoms. The third-order valence-electron chi connectivity index (χ3n) is 5.16. The molecule has 1 atom stereocenters. The Morgan fingerprint density at radius 3 is 2.36 bits per heavy atom. The van der Waals surface area contributed by atoms with Gasteiger partial charge in [-0.3, -0.25) is 0 Å². The molecule has 0 aliphatic carbocycles. The SMILES string of the molecule is CCCc1ccc(-c2ccc(OC(CC)COCC3(C)COC3)c(F)c2)cc1. The fourth-order valence-corrected chi connectivity index (χ4v) is 3.31. The normalized spacial score (nSPS) is 16.4. The van der Waals surface area contributed by atoms with Crippen molar-refractivity contribution in [1.29, 1.82) is 0 Å². The van der Waals surface area contributed by atoms with Gasteiger partial charge in [-0.05, 0) is 41.7 Å². The van der Waals surface area contributed by atoms with Crippen LogP contribution < -0.4 is 4.74 Å². The molecule has 0 saturated carbocycles. The van der Waals surface area contributed by atoms with Crippen molar-refractivity contribution in [2.45, 2.75) is 46.1 Å². The van der Waals surface area contributed by atoms with Crippen LogP contribution in [0.3, 0.4) is 0 Å². The molecule has 1 unspecified atom stereocenters. The van der Waals surface area contributed by atoms with Gasteiger partial charge in [0.25, 0.3) is 0 Å². The maximum absolute atomic E-state index is 14.6. The van der Waals surface area contributed by atoms with Gasteiger partial charge in [0.2, 0.25) is 0 Å². The van der Waals surface area contributed by atoms with Crippen LogP contribution in [0.1, 0.15) is 39.2 Å². The van der Waals surface area contributed by atoms with Crippen LogP contribution in [-0.2, 0) is 15.9 Å². The second kappa shape index (κ2) is 9.53. The molecule has 3 nitrogen and oxygen atoms in total. The summed E-state index contributed by atoms with van der Waals surface area (Å²) in [5.74, 6) is -0.0621. The Balaban J connectivity index is 1.59. The van der Waals surface area contributed by atoms with E-state index in [1.54, 1.807) is 12.1 Å². The lowest BCUT2D eigenvalue weighted by Crippen LogP contribution is -2.44. The quantitative estimate of drug-likeness (QED) is 0.528. The molecular formula is C24H31FO3. The zero-order chi connectivity index (χ0) is 20.0. The zero-order valence-electron chi connectivity index (χ0n) is 17.2. The van der Waals surface area contributed by atoms with E-state index in [2.05, 4.69) is 26.0 Å². The van der Waals surface area contributed by atoms with Crippen LogP contribution in [0.5, 0.6) is 5.75 Å². The third kappa shape index (κ3) is 5.33. The summed E-state index contributed by atoms with van der Waals surface area (Å²) in [6, 6.07) is 13.5. The molecule has 1 aliphatic heterocycles. The predicted octanol–water partition coefficient (Wildman–Crippen LogP) is 5.66. The van der Waals surface area contributed by atoms with E-state index in [0.717, 1.165) is 43.6 Å². The van der Waals surface area contributed by atoms with E-state index >= 15 is 0 Å². The largest absolute Gasteiger partial charge is 0.485 e. The number of ether oxygens (including phenoxy) is 3. The van der Waals surface area contributed by atoms with Crippen molar-refractivity contribution in [3.63, 3.8) is 0 Å². The number of rotatable bonds is 10. The second-order valence-electron chi connectivity index (χ2n) is 8.06. The fourth-order valence-electron chi connectivity index (χ4n) is 3.31. The van der Waals surface area contributed by atoms with E-state index in [0.29, 0.717) is 13.2 Å². The molecule has 0 radical (unpaired) electrons. The predicted molar refractivity (Wildman–Crippen MR) is 110 cm³/mol. The van der Waals surface area contributed by atoms with Gasteiger partial charge < -0.3 is 14.2 Å². The Bertz CT molecular complexity index is 753. The van der Waals surface area contributed by atoms with Gasteiger partial charge in [-0.25, -0.2) is 4.39 Å². The topological polar surface area (TPSA) is 27.7 Å². The van der Waals surface area contributed by atoms with E-state index in [9.17, 15) is 4.39 Å². The molecule has 0 amide bonds. The maximum atomic E-state index is 14.6. The first-order valence-corrected chi connectivity index (χ1v) is 10.2. The number of hydrogen-bond donors (Lipinski definition) is 0. The molecule has 152 valence electrons. The monoisotopic (exact) mass is 386 g/mol. The Kier molecular flexibility index (Phi) is 7.08. The van der Waals surface area contributed by atoms with E-state index in [4.69, 9.17) is 14.2 Å². The highest BCUT2D eigenvalue weighted by atomic mass is 19.1. The average Bonchev–Trinajstić information content (AvgIpc) is 2.68. The van der Waals surface area contributed by atoms with Crippen LogP contribution in [0.2, 0.25) is 0 Å². The summed E-state index contributed by atoms with van der Waals surface area (Å²) < 4.78 is 31.5. The van der Waals surface area contributed by atoms with E-state index in [-0.39, 0.29) is 23.1 Å². The Morgan fingerprint density at radius 2 is 1.79 bits per heavy atom. The first kappa shape index (κ1) is 20.8. The van der Waals surface area contributed by atoms with Gasteiger partial charge in [0.1, 0.15) is 6.10 Å². The van der Waals surface area contributed by atoms with Gasteiger partial charge in [0.15, 0.2) is 11.6 Å². The van der Waals surface area contributed by atoms with E-state index in [1.165, 1.54) is 5.56 Å². The lowest BCUT2D eigenvalue weighted by molar-refractivity contribution is -0.142. The van der Waals surface area contributed by atoms with Gasteiger partial charge in [-0.15, -0.1) is 0 Å². The van der Waals surface area contributed by atoms with Crippen molar-refractivity contribution in [3.8, 4) is 16.9 Å². The molecule has 2 aromatic rings. The molecule has 0 N–H and O–H groups in total. The minimum Gasteiger partial charge on any atom is -0.485 e. The highest BCUT2D eigenvalue weighted by molar-refractivity contribution is 5.64. The minimum atomic E-state index is -0.340. The van der Waals surface area contributed by atoms with Crippen LogP contribution in [0.15, 0.2) is 42.5 Å². The first-order chi connectivity index (χ1) is 13.5. The van der Waals surface area contributed by atoms with Crippen molar-refractivity contribution in [1.82, 2.24) is 0 Å². The van der Waals surface area contributed by atoms with Crippen molar-refractivity contribution < 1.29 is 18.6 Å². The molecule has 0 bridgehead atoms. The lowest BCUT2D eigenvalue weighted by atomic mass is 9.90. The molecule has 1 aliphatic rings. The Labute approximate surface area is 167 Å². The van der Waals surface area contributed by atoms with Crippen LogP contribution >= 0.6 is 0 Å². The Hall–Kier alpha value is -1.91. The van der Waals surface area contributed by atoms with Crippen LogP contribution in [-0.4, -0.2) is 32.5 Å². The van der Waals surface area contributed by atoms with Crippen molar-refractivity contribution in [2.75, 3.05) is 26.4 Å². The summed E-state index contributed by atoms with van der Waals surface area (Å²) in [7, 11) is 0. The molecule has 4 heteroatoms. The van der Waals surface area contributed by atoms with E-state index < -0.39 is 0 Å². The molecule has 2 aromatic carbocycles. The van der Waals surface area contributed by atoms with Crippen molar-refractivity contribution in [2.24, 2.45) is 5.41 Å². The number of hydrogen-bond acceptors (Lipinski definition) is 3. The highest BCUT2D eigenvalue weighted by Gasteiger charge is 2.33. The zero-order valence-corrected chi connectivity index (χ0v) is 17.2. The average molecular weight is 387 g/mol. The summed E-state index contributed by atoms with van der Waals surface area (Å²) in [4.78, 5) is 0. The van der Waals surface area contributed by atoms with Crippen molar-refractivity contribution in [3.05, 3.63) is 53.8 Å². The summed E-state index contributed by atoms with van der Waals surface area (Å²) in [6.07, 6.45) is 2.77. The molecule has 3 rings (SSSR count). The number of benzene rings is 2. The molecule has 1 fully saturated rings. The van der Waals surface area contributed by atoms with Gasteiger partial charge in [0.05, 0.1) is 26.4 Å². The smallest absolute Gasteiger partial charge is 0.165 e. The molecule has 1 saturated heterocycles. The standard InChI is InChI=1S/C24H31FO3/c1-4-6-18-7-9-19(10-8-18)20-11-12-23(22(25)13-20)28-21(5-2)14-26-15-24(3)16-27-17-24/h7-13,21H,4-6,14-17H2,1-3H3. The van der Waals surface area contributed by atoms with Crippen LogP contribution in [0.4, 0.5) is 4.39 Å². The highest BCUT2D eigenvalue weighted by Crippen LogP contribution is 2.28. The second-order valence-corrected chi connectivity index (χ2v) is 8.06. The lowest BCUT2D eigenvalue weighted by Gasteiger charge is -2.37. The molecule has 1 heterocycles. The number of halogens is 1. The maximum Gasteiger partial charge on any atom is 0.165 e. The molecule has 0 aromatic heterocycles. The van der Waals surface area contributed by atoms with Crippen LogP contribution in [0.25, 0.3) is 11.1 Å². The molecular weight excluding hydrogens is 355 g/mol.